The molecule has 2 rings (SSSR count). The van der Waals surface area contributed by atoms with Gasteiger partial charge in [0.1, 0.15) is 12.7 Å². The van der Waals surface area contributed by atoms with E-state index in [0.717, 1.165) is 0 Å². The van der Waals surface area contributed by atoms with E-state index in [9.17, 15) is 14.4 Å². The molecule has 142 valence electrons. The molecule has 2 aliphatic rings. The number of carbonyl (C=O) groups excluding carboxylic acids is 3. The van der Waals surface area contributed by atoms with E-state index >= 15 is 0 Å². The molecule has 2 aliphatic heterocycles. The number of fused-ring (bicyclic) bond motifs is 1. The standard InChI is InChI=1S/C15H22O10/c1-7(16)20-6-10(21-8(2)17)11-12(22-9(3)18)13-14(23-11)25-15(4,19-5)24-13/h10-14H,6H2,1-5H3. The molecule has 0 radical (unpaired) electrons. The Bertz CT molecular complexity index is 534. The maximum Gasteiger partial charge on any atom is 0.303 e. The molecule has 2 saturated heterocycles. The Morgan fingerprint density at radius 2 is 1.76 bits per heavy atom. The van der Waals surface area contributed by atoms with Gasteiger partial charge in [0.25, 0.3) is 5.97 Å². The maximum absolute atomic E-state index is 11.5. The van der Waals surface area contributed by atoms with Crippen molar-refractivity contribution < 1.29 is 47.5 Å². The average molecular weight is 362 g/mol. The maximum atomic E-state index is 11.5. The number of esters is 3. The predicted octanol–water partition coefficient (Wildman–Crippen LogP) is -0.127. The number of hydrogen-bond donors (Lipinski definition) is 0. The minimum Gasteiger partial charge on any atom is -0.462 e. The van der Waals surface area contributed by atoms with Gasteiger partial charge in [-0.05, 0) is 0 Å². The SMILES string of the molecule is COC1(C)OC2OC(C(COC(C)=O)OC(C)=O)C(OC(C)=O)C2O1. The molecule has 2 heterocycles. The van der Waals surface area contributed by atoms with Gasteiger partial charge in [-0.25, -0.2) is 0 Å². The van der Waals surface area contributed by atoms with Crippen molar-refractivity contribution in [1.29, 1.82) is 0 Å². The van der Waals surface area contributed by atoms with Gasteiger partial charge in [-0.3, -0.25) is 19.1 Å². The van der Waals surface area contributed by atoms with Crippen molar-refractivity contribution in [2.45, 2.75) is 64.4 Å². The minimum atomic E-state index is -1.36. The molecular formula is C15H22O10. The first-order valence-electron chi connectivity index (χ1n) is 7.69. The summed E-state index contributed by atoms with van der Waals surface area (Å²) in [5, 5.41) is 0. The van der Waals surface area contributed by atoms with E-state index in [0.29, 0.717) is 0 Å². The van der Waals surface area contributed by atoms with E-state index in [4.69, 9.17) is 33.2 Å². The minimum absolute atomic E-state index is 0.266. The molecule has 0 aromatic rings. The monoisotopic (exact) mass is 362 g/mol. The lowest BCUT2D eigenvalue weighted by Crippen LogP contribution is -2.47. The first-order valence-corrected chi connectivity index (χ1v) is 7.69. The largest absolute Gasteiger partial charge is 0.462 e. The number of carbonyl (C=O) groups is 3. The Morgan fingerprint density at radius 1 is 1.08 bits per heavy atom. The molecule has 0 amide bonds. The van der Waals surface area contributed by atoms with Gasteiger partial charge in [0.05, 0.1) is 0 Å². The van der Waals surface area contributed by atoms with Crippen LogP contribution in [0.3, 0.4) is 0 Å². The Morgan fingerprint density at radius 3 is 2.28 bits per heavy atom. The summed E-state index contributed by atoms with van der Waals surface area (Å²) in [5.74, 6) is -3.10. The van der Waals surface area contributed by atoms with Crippen LogP contribution in [0.5, 0.6) is 0 Å². The van der Waals surface area contributed by atoms with Gasteiger partial charge in [0.2, 0.25) is 0 Å². The van der Waals surface area contributed by atoms with Crippen LogP contribution in [-0.4, -0.2) is 68.3 Å². The third-order valence-corrected chi connectivity index (χ3v) is 3.69. The number of methoxy groups -OCH3 is 1. The van der Waals surface area contributed by atoms with Gasteiger partial charge in [0.15, 0.2) is 24.6 Å². The molecule has 0 spiro atoms. The first-order chi connectivity index (χ1) is 11.6. The molecule has 0 aromatic heterocycles. The van der Waals surface area contributed by atoms with Crippen molar-refractivity contribution in [3.8, 4) is 0 Å². The molecule has 6 atom stereocenters. The lowest BCUT2D eigenvalue weighted by atomic mass is 10.1. The van der Waals surface area contributed by atoms with Crippen LogP contribution in [0, 0.1) is 0 Å². The zero-order valence-corrected chi connectivity index (χ0v) is 14.7. The van der Waals surface area contributed by atoms with Gasteiger partial charge in [-0.2, -0.15) is 0 Å². The first kappa shape index (κ1) is 19.6. The Kier molecular flexibility index (Phi) is 5.99. The third kappa shape index (κ3) is 4.66. The van der Waals surface area contributed by atoms with Crippen molar-refractivity contribution >= 4 is 17.9 Å². The molecule has 2 fully saturated rings. The van der Waals surface area contributed by atoms with E-state index in [1.165, 1.54) is 34.8 Å². The van der Waals surface area contributed by atoms with Gasteiger partial charge < -0.3 is 28.4 Å². The highest BCUT2D eigenvalue weighted by atomic mass is 16.9. The fourth-order valence-corrected chi connectivity index (χ4v) is 2.68. The van der Waals surface area contributed by atoms with Crippen LogP contribution < -0.4 is 0 Å². The van der Waals surface area contributed by atoms with Crippen LogP contribution in [0.1, 0.15) is 27.7 Å². The summed E-state index contributed by atoms with van der Waals surface area (Å²) >= 11 is 0. The zero-order chi connectivity index (χ0) is 18.8. The summed E-state index contributed by atoms with van der Waals surface area (Å²) in [4.78, 5) is 33.9. The second kappa shape index (κ2) is 7.65. The van der Waals surface area contributed by atoms with E-state index < -0.39 is 54.6 Å². The fraction of sp³-hybridized carbons (Fsp3) is 0.800. The van der Waals surface area contributed by atoms with E-state index in [2.05, 4.69) is 0 Å². The summed E-state index contributed by atoms with van der Waals surface area (Å²) in [6.45, 7) is 4.92. The van der Waals surface area contributed by atoms with E-state index in [1.54, 1.807) is 0 Å². The van der Waals surface area contributed by atoms with E-state index in [-0.39, 0.29) is 6.61 Å². The molecule has 0 aromatic carbocycles. The number of rotatable bonds is 6. The predicted molar refractivity (Wildman–Crippen MR) is 77.8 cm³/mol. The summed E-state index contributed by atoms with van der Waals surface area (Å²) in [6, 6.07) is 0. The van der Waals surface area contributed by atoms with Gasteiger partial charge >= 0.3 is 17.9 Å². The van der Waals surface area contributed by atoms with Gasteiger partial charge in [-0.15, -0.1) is 0 Å². The van der Waals surface area contributed by atoms with Crippen LogP contribution in [0.4, 0.5) is 0 Å². The van der Waals surface area contributed by atoms with Crippen molar-refractivity contribution in [3.63, 3.8) is 0 Å². The lowest BCUT2D eigenvalue weighted by molar-refractivity contribution is -0.347. The quantitative estimate of drug-likeness (QED) is 0.467. The summed E-state index contributed by atoms with van der Waals surface area (Å²) in [6.07, 6.45) is -4.59. The van der Waals surface area contributed by atoms with Crippen molar-refractivity contribution in [3.05, 3.63) is 0 Å². The molecule has 0 saturated carbocycles. The van der Waals surface area contributed by atoms with Crippen LogP contribution in [-0.2, 0) is 47.5 Å². The highest BCUT2D eigenvalue weighted by Crippen LogP contribution is 2.40. The fourth-order valence-electron chi connectivity index (χ4n) is 2.68. The van der Waals surface area contributed by atoms with Crippen LogP contribution in [0.15, 0.2) is 0 Å². The smallest absolute Gasteiger partial charge is 0.303 e. The Balaban J connectivity index is 2.20. The highest BCUT2D eigenvalue weighted by Gasteiger charge is 2.60. The van der Waals surface area contributed by atoms with Gasteiger partial charge in [-0.1, -0.05) is 0 Å². The molecule has 0 bridgehead atoms. The zero-order valence-electron chi connectivity index (χ0n) is 14.7. The summed E-state index contributed by atoms with van der Waals surface area (Å²) in [7, 11) is 1.39. The van der Waals surface area contributed by atoms with Gasteiger partial charge in [0, 0.05) is 34.8 Å². The van der Waals surface area contributed by atoms with Crippen molar-refractivity contribution in [1.82, 2.24) is 0 Å². The average Bonchev–Trinajstić information content (AvgIpc) is 2.98. The molecule has 0 aliphatic carbocycles. The number of ether oxygens (including phenoxy) is 7. The summed E-state index contributed by atoms with van der Waals surface area (Å²) < 4.78 is 37.4. The van der Waals surface area contributed by atoms with Crippen LogP contribution in [0.2, 0.25) is 0 Å². The molecular weight excluding hydrogens is 340 g/mol. The van der Waals surface area contributed by atoms with E-state index in [1.807, 2.05) is 0 Å². The molecule has 25 heavy (non-hydrogen) atoms. The number of hydrogen-bond acceptors (Lipinski definition) is 10. The molecule has 6 unspecified atom stereocenters. The van der Waals surface area contributed by atoms with Crippen molar-refractivity contribution in [2.75, 3.05) is 13.7 Å². The Labute approximate surface area is 144 Å². The normalized spacial score (nSPS) is 34.9. The second-order valence-corrected chi connectivity index (χ2v) is 5.76. The highest BCUT2D eigenvalue weighted by molar-refractivity contribution is 5.67. The van der Waals surface area contributed by atoms with Crippen molar-refractivity contribution in [2.24, 2.45) is 0 Å². The second-order valence-electron chi connectivity index (χ2n) is 5.76. The third-order valence-electron chi connectivity index (χ3n) is 3.69. The van der Waals surface area contributed by atoms with Crippen LogP contribution >= 0.6 is 0 Å². The lowest BCUT2D eigenvalue weighted by Gasteiger charge is -2.30. The topological polar surface area (TPSA) is 116 Å². The molecule has 10 nitrogen and oxygen atoms in total. The Hall–Kier alpha value is -1.75. The summed E-state index contributed by atoms with van der Waals surface area (Å²) in [5.41, 5.74) is 0. The molecule has 0 N–H and O–H groups in total. The van der Waals surface area contributed by atoms with Crippen LogP contribution in [0.25, 0.3) is 0 Å². The molecule has 10 heteroatoms.